The Labute approximate surface area is 143 Å². The summed E-state index contributed by atoms with van der Waals surface area (Å²) in [4.78, 5) is 16.6. The van der Waals surface area contributed by atoms with Crippen molar-refractivity contribution < 1.29 is 23.7 Å². The lowest BCUT2D eigenvalue weighted by atomic mass is 10.1. The molecule has 0 saturated carbocycles. The van der Waals surface area contributed by atoms with Crippen LogP contribution in [0.4, 0.5) is 0 Å². The molecule has 0 N–H and O–H groups in total. The van der Waals surface area contributed by atoms with Gasteiger partial charge in [0.05, 0.1) is 34.0 Å². The Hall–Kier alpha value is -1.99. The van der Waals surface area contributed by atoms with E-state index in [0.29, 0.717) is 36.0 Å². The van der Waals surface area contributed by atoms with Crippen molar-refractivity contribution in [1.82, 2.24) is 9.80 Å². The maximum absolute atomic E-state index is 12.7. The number of likely N-dealkylation sites (N-methyl/N-ethyl adjacent to an activating group) is 2. The molecule has 1 heterocycles. The highest BCUT2D eigenvalue weighted by atomic mass is 16.5. The number of rotatable bonds is 6. The van der Waals surface area contributed by atoms with Gasteiger partial charge in [-0.05, 0) is 19.2 Å². The third kappa shape index (κ3) is 4.10. The molecule has 1 aromatic carbocycles. The normalized spacial score (nSPS) is 18.1. The van der Waals surface area contributed by atoms with Crippen LogP contribution in [0, 0.1) is 0 Å². The standard InChI is InChI=1S/C17H26N2O5/c1-18-6-7-24-13(10-18)11-19(2)17(20)12-8-14(21-3)16(23-5)15(9-12)22-4/h8-9,13H,6-7,10-11H2,1-5H3. The smallest absolute Gasteiger partial charge is 0.253 e. The van der Waals surface area contributed by atoms with E-state index in [0.717, 1.165) is 13.1 Å². The SMILES string of the molecule is COc1cc(C(=O)N(C)CC2CN(C)CCO2)cc(OC)c1OC. The molecule has 1 fully saturated rings. The zero-order valence-electron chi connectivity index (χ0n) is 15.0. The third-order valence-electron chi connectivity index (χ3n) is 4.08. The topological polar surface area (TPSA) is 60.5 Å². The number of amides is 1. The van der Waals surface area contributed by atoms with E-state index in [4.69, 9.17) is 18.9 Å². The van der Waals surface area contributed by atoms with Gasteiger partial charge in [0.1, 0.15) is 0 Å². The average molecular weight is 338 g/mol. The molecular formula is C17H26N2O5. The maximum atomic E-state index is 12.7. The summed E-state index contributed by atoms with van der Waals surface area (Å²) < 4.78 is 21.6. The Morgan fingerprint density at radius 3 is 2.38 bits per heavy atom. The van der Waals surface area contributed by atoms with Gasteiger partial charge in [0.2, 0.25) is 5.75 Å². The van der Waals surface area contributed by atoms with Crippen molar-refractivity contribution in [3.05, 3.63) is 17.7 Å². The number of ether oxygens (including phenoxy) is 4. The number of hydrogen-bond acceptors (Lipinski definition) is 6. The zero-order chi connectivity index (χ0) is 17.7. The van der Waals surface area contributed by atoms with Gasteiger partial charge < -0.3 is 28.7 Å². The molecule has 2 rings (SSSR count). The Morgan fingerprint density at radius 2 is 1.88 bits per heavy atom. The quantitative estimate of drug-likeness (QED) is 0.775. The van der Waals surface area contributed by atoms with Crippen molar-refractivity contribution in [2.24, 2.45) is 0 Å². The molecule has 1 aliphatic rings. The van der Waals surface area contributed by atoms with E-state index in [2.05, 4.69) is 11.9 Å². The van der Waals surface area contributed by atoms with Crippen LogP contribution in [-0.2, 0) is 4.74 Å². The molecular weight excluding hydrogens is 312 g/mol. The van der Waals surface area contributed by atoms with E-state index in [1.165, 1.54) is 21.3 Å². The second-order valence-corrected chi connectivity index (χ2v) is 5.85. The molecule has 1 aromatic rings. The number of hydrogen-bond donors (Lipinski definition) is 0. The van der Waals surface area contributed by atoms with Crippen molar-refractivity contribution in [2.45, 2.75) is 6.10 Å². The molecule has 1 atom stereocenters. The second kappa shape index (κ2) is 8.21. The molecule has 134 valence electrons. The van der Waals surface area contributed by atoms with E-state index in [-0.39, 0.29) is 12.0 Å². The Kier molecular flexibility index (Phi) is 6.28. The third-order valence-corrected chi connectivity index (χ3v) is 4.08. The second-order valence-electron chi connectivity index (χ2n) is 5.85. The maximum Gasteiger partial charge on any atom is 0.253 e. The summed E-state index contributed by atoms with van der Waals surface area (Å²) in [7, 11) is 8.41. The molecule has 0 bridgehead atoms. The Bertz CT molecular complexity index is 553. The number of benzene rings is 1. The first-order valence-electron chi connectivity index (χ1n) is 7.85. The molecule has 1 saturated heterocycles. The van der Waals surface area contributed by atoms with Gasteiger partial charge in [0.15, 0.2) is 11.5 Å². The molecule has 7 heteroatoms. The fraction of sp³-hybridized carbons (Fsp3) is 0.588. The first kappa shape index (κ1) is 18.4. The molecule has 0 aromatic heterocycles. The van der Waals surface area contributed by atoms with Crippen LogP contribution in [0.5, 0.6) is 17.2 Å². The minimum Gasteiger partial charge on any atom is -0.493 e. The Balaban J connectivity index is 2.16. The summed E-state index contributed by atoms with van der Waals surface area (Å²) in [6.07, 6.45) is 0.0136. The van der Waals surface area contributed by atoms with Crippen molar-refractivity contribution in [3.8, 4) is 17.2 Å². The summed E-state index contributed by atoms with van der Waals surface area (Å²) in [5.41, 5.74) is 0.483. The number of carbonyl (C=O) groups is 1. The van der Waals surface area contributed by atoms with Crippen molar-refractivity contribution in [2.75, 3.05) is 61.7 Å². The van der Waals surface area contributed by atoms with E-state index in [9.17, 15) is 4.79 Å². The van der Waals surface area contributed by atoms with Crippen LogP contribution in [0.2, 0.25) is 0 Å². The van der Waals surface area contributed by atoms with Gasteiger partial charge >= 0.3 is 0 Å². The molecule has 0 radical (unpaired) electrons. The van der Waals surface area contributed by atoms with E-state index in [1.807, 2.05) is 0 Å². The molecule has 24 heavy (non-hydrogen) atoms. The summed E-state index contributed by atoms with van der Waals surface area (Å²) in [5, 5.41) is 0. The first-order valence-corrected chi connectivity index (χ1v) is 7.85. The molecule has 0 spiro atoms. The van der Waals surface area contributed by atoms with Crippen LogP contribution in [0.3, 0.4) is 0 Å². The highest BCUT2D eigenvalue weighted by molar-refractivity contribution is 5.95. The molecule has 1 aliphatic heterocycles. The lowest BCUT2D eigenvalue weighted by Crippen LogP contribution is -2.46. The fourth-order valence-corrected chi connectivity index (χ4v) is 2.79. The first-order chi connectivity index (χ1) is 11.5. The minimum atomic E-state index is -0.119. The average Bonchev–Trinajstić information content (AvgIpc) is 2.59. The number of nitrogens with zero attached hydrogens (tertiary/aromatic N) is 2. The largest absolute Gasteiger partial charge is 0.493 e. The minimum absolute atomic E-state index is 0.0136. The van der Waals surface area contributed by atoms with Crippen LogP contribution >= 0.6 is 0 Å². The van der Waals surface area contributed by atoms with Gasteiger partial charge in [-0.25, -0.2) is 0 Å². The van der Waals surface area contributed by atoms with Crippen molar-refractivity contribution in [3.63, 3.8) is 0 Å². The predicted molar refractivity (Wildman–Crippen MR) is 90.3 cm³/mol. The van der Waals surface area contributed by atoms with E-state index >= 15 is 0 Å². The lowest BCUT2D eigenvalue weighted by Gasteiger charge is -2.32. The summed E-state index contributed by atoms with van der Waals surface area (Å²) in [6.45, 7) is 2.95. The summed E-state index contributed by atoms with van der Waals surface area (Å²) in [5.74, 6) is 1.27. The van der Waals surface area contributed by atoms with Gasteiger partial charge in [0, 0.05) is 32.2 Å². The summed E-state index contributed by atoms with van der Waals surface area (Å²) in [6, 6.07) is 3.32. The highest BCUT2D eigenvalue weighted by Gasteiger charge is 2.24. The molecule has 0 aliphatic carbocycles. The van der Waals surface area contributed by atoms with Crippen molar-refractivity contribution >= 4 is 5.91 Å². The zero-order valence-corrected chi connectivity index (χ0v) is 15.0. The molecule has 1 unspecified atom stereocenters. The van der Waals surface area contributed by atoms with Gasteiger partial charge in [-0.1, -0.05) is 0 Å². The fourth-order valence-electron chi connectivity index (χ4n) is 2.79. The van der Waals surface area contributed by atoms with Gasteiger partial charge in [-0.15, -0.1) is 0 Å². The van der Waals surface area contributed by atoms with E-state index in [1.54, 1.807) is 24.1 Å². The predicted octanol–water partition coefficient (Wildman–Crippen LogP) is 1.12. The van der Waals surface area contributed by atoms with Crippen LogP contribution in [0.25, 0.3) is 0 Å². The van der Waals surface area contributed by atoms with Crippen LogP contribution in [-0.4, -0.2) is 83.5 Å². The molecule has 1 amide bonds. The Morgan fingerprint density at radius 1 is 1.25 bits per heavy atom. The number of carbonyl (C=O) groups excluding carboxylic acids is 1. The highest BCUT2D eigenvalue weighted by Crippen LogP contribution is 2.38. The molecule has 7 nitrogen and oxygen atoms in total. The van der Waals surface area contributed by atoms with Gasteiger partial charge in [0.25, 0.3) is 5.91 Å². The van der Waals surface area contributed by atoms with Crippen molar-refractivity contribution in [1.29, 1.82) is 0 Å². The summed E-state index contributed by atoms with van der Waals surface area (Å²) >= 11 is 0. The van der Waals surface area contributed by atoms with Gasteiger partial charge in [-0.2, -0.15) is 0 Å². The van der Waals surface area contributed by atoms with Crippen LogP contribution in [0.1, 0.15) is 10.4 Å². The lowest BCUT2D eigenvalue weighted by molar-refractivity contribution is -0.0301. The monoisotopic (exact) mass is 338 g/mol. The number of morpholine rings is 1. The van der Waals surface area contributed by atoms with Gasteiger partial charge in [-0.3, -0.25) is 4.79 Å². The number of methoxy groups -OCH3 is 3. The van der Waals surface area contributed by atoms with Crippen LogP contribution in [0.15, 0.2) is 12.1 Å². The van der Waals surface area contributed by atoms with E-state index < -0.39 is 0 Å². The van der Waals surface area contributed by atoms with Crippen LogP contribution < -0.4 is 14.2 Å².